The second-order valence-corrected chi connectivity index (χ2v) is 4.27. The highest BCUT2D eigenvalue weighted by Gasteiger charge is 2.07. The zero-order valence-corrected chi connectivity index (χ0v) is 10.0. The normalized spacial score (nSPS) is 11.0. The van der Waals surface area contributed by atoms with E-state index in [2.05, 4.69) is 10.1 Å². The van der Waals surface area contributed by atoms with Gasteiger partial charge in [-0.15, -0.1) is 0 Å². The molecule has 0 bridgehead atoms. The minimum Gasteiger partial charge on any atom is -0.390 e. The maximum atomic E-state index is 9.28. The lowest BCUT2D eigenvalue weighted by Gasteiger charge is -2.08. The van der Waals surface area contributed by atoms with Gasteiger partial charge in [0, 0.05) is 11.6 Å². The third-order valence-corrected chi connectivity index (χ3v) is 2.87. The van der Waals surface area contributed by atoms with Crippen LogP contribution in [0.1, 0.15) is 11.3 Å². The Kier molecular flexibility index (Phi) is 2.57. The van der Waals surface area contributed by atoms with Crippen molar-refractivity contribution >= 4 is 10.9 Å². The van der Waals surface area contributed by atoms with Crippen LogP contribution in [0.4, 0.5) is 0 Å². The van der Waals surface area contributed by atoms with Crippen LogP contribution >= 0.6 is 0 Å². The molecule has 90 valence electrons. The Balaban J connectivity index is 2.32. The highest BCUT2D eigenvalue weighted by Crippen LogP contribution is 2.21. The van der Waals surface area contributed by atoms with Crippen LogP contribution in [-0.2, 0) is 6.61 Å². The zero-order valence-electron chi connectivity index (χ0n) is 10.0. The summed E-state index contributed by atoms with van der Waals surface area (Å²) in [6.07, 6.45) is 3.77. The zero-order chi connectivity index (χ0) is 12.5. The van der Waals surface area contributed by atoms with Gasteiger partial charge in [0.15, 0.2) is 0 Å². The Hall–Kier alpha value is -2.20. The van der Waals surface area contributed by atoms with Crippen molar-refractivity contribution in [2.45, 2.75) is 13.5 Å². The Bertz CT molecular complexity index is 703. The van der Waals surface area contributed by atoms with Crippen molar-refractivity contribution in [3.05, 3.63) is 54.0 Å². The fourth-order valence-corrected chi connectivity index (χ4v) is 2.03. The molecule has 0 aliphatic heterocycles. The van der Waals surface area contributed by atoms with E-state index in [1.165, 1.54) is 0 Å². The van der Waals surface area contributed by atoms with Gasteiger partial charge in [-0.3, -0.25) is 4.98 Å². The van der Waals surface area contributed by atoms with Crippen LogP contribution in [0.15, 0.2) is 42.7 Å². The van der Waals surface area contributed by atoms with Crippen LogP contribution in [0.25, 0.3) is 16.6 Å². The molecule has 3 rings (SSSR count). The summed E-state index contributed by atoms with van der Waals surface area (Å²) in [6, 6.07) is 9.73. The molecule has 0 spiro atoms. The molecule has 2 aromatic heterocycles. The number of aliphatic hydroxyl groups excluding tert-OH is 1. The summed E-state index contributed by atoms with van der Waals surface area (Å²) < 4.78 is 1.82. The van der Waals surface area contributed by atoms with E-state index in [0.717, 1.165) is 22.2 Å². The van der Waals surface area contributed by atoms with Gasteiger partial charge in [-0.2, -0.15) is 5.10 Å². The number of aryl methyl sites for hydroxylation is 1. The average molecular weight is 239 g/mol. The van der Waals surface area contributed by atoms with Crippen LogP contribution in [0.3, 0.4) is 0 Å². The maximum Gasteiger partial charge on any atom is 0.0854 e. The van der Waals surface area contributed by atoms with Crippen molar-refractivity contribution in [2.24, 2.45) is 0 Å². The second-order valence-electron chi connectivity index (χ2n) is 4.27. The van der Waals surface area contributed by atoms with Crippen molar-refractivity contribution in [3.63, 3.8) is 0 Å². The largest absolute Gasteiger partial charge is 0.390 e. The van der Waals surface area contributed by atoms with Gasteiger partial charge >= 0.3 is 0 Å². The minimum atomic E-state index is -0.0713. The second kappa shape index (κ2) is 4.23. The SMILES string of the molecule is Cc1cnn(-c2cc(CO)nc3ccccc23)c1. The quantitative estimate of drug-likeness (QED) is 0.746. The molecule has 1 N–H and O–H groups in total. The molecule has 0 saturated carbocycles. The number of para-hydroxylation sites is 1. The molecule has 4 heteroatoms. The predicted molar refractivity (Wildman–Crippen MR) is 69.5 cm³/mol. The number of aliphatic hydroxyl groups is 1. The van der Waals surface area contributed by atoms with E-state index in [-0.39, 0.29) is 6.61 Å². The highest BCUT2D eigenvalue weighted by molar-refractivity contribution is 5.87. The fraction of sp³-hybridized carbons (Fsp3) is 0.143. The molecule has 4 nitrogen and oxygen atoms in total. The molecule has 0 saturated heterocycles. The first-order chi connectivity index (χ1) is 8.78. The van der Waals surface area contributed by atoms with Gasteiger partial charge in [-0.1, -0.05) is 18.2 Å². The van der Waals surface area contributed by atoms with E-state index in [4.69, 9.17) is 0 Å². The van der Waals surface area contributed by atoms with Gasteiger partial charge in [-0.25, -0.2) is 4.68 Å². The van der Waals surface area contributed by atoms with Crippen molar-refractivity contribution in [2.75, 3.05) is 0 Å². The van der Waals surface area contributed by atoms with Crippen LogP contribution < -0.4 is 0 Å². The summed E-state index contributed by atoms with van der Waals surface area (Å²) in [4.78, 5) is 4.40. The molecule has 1 aromatic carbocycles. The third kappa shape index (κ3) is 1.76. The summed E-state index contributed by atoms with van der Waals surface area (Å²) in [5, 5.41) is 14.6. The van der Waals surface area contributed by atoms with Gasteiger partial charge in [0.05, 0.1) is 29.7 Å². The highest BCUT2D eigenvalue weighted by atomic mass is 16.3. The van der Waals surface area contributed by atoms with Crippen molar-refractivity contribution in [1.29, 1.82) is 0 Å². The molecule has 0 fully saturated rings. The first kappa shape index (κ1) is 10.9. The van der Waals surface area contributed by atoms with E-state index >= 15 is 0 Å². The minimum absolute atomic E-state index is 0.0713. The molecular weight excluding hydrogens is 226 g/mol. The smallest absolute Gasteiger partial charge is 0.0854 e. The Morgan fingerprint density at radius 2 is 2.11 bits per heavy atom. The first-order valence-corrected chi connectivity index (χ1v) is 5.79. The summed E-state index contributed by atoms with van der Waals surface area (Å²) in [5.41, 5.74) is 3.56. The Morgan fingerprint density at radius 3 is 2.83 bits per heavy atom. The summed E-state index contributed by atoms with van der Waals surface area (Å²) in [5.74, 6) is 0. The number of aromatic nitrogens is 3. The molecular formula is C14H13N3O. The molecule has 18 heavy (non-hydrogen) atoms. The molecule has 0 unspecified atom stereocenters. The molecule has 2 heterocycles. The lowest BCUT2D eigenvalue weighted by Crippen LogP contribution is -2.00. The molecule has 0 amide bonds. The van der Waals surface area contributed by atoms with Crippen molar-refractivity contribution in [1.82, 2.24) is 14.8 Å². The van der Waals surface area contributed by atoms with E-state index in [1.54, 1.807) is 0 Å². The van der Waals surface area contributed by atoms with E-state index < -0.39 is 0 Å². The van der Waals surface area contributed by atoms with Crippen LogP contribution in [0, 0.1) is 6.92 Å². The molecule has 0 aliphatic carbocycles. The summed E-state index contributed by atoms with van der Waals surface area (Å²) >= 11 is 0. The van der Waals surface area contributed by atoms with Gasteiger partial charge < -0.3 is 5.11 Å². The number of benzene rings is 1. The molecule has 0 aliphatic rings. The first-order valence-electron chi connectivity index (χ1n) is 5.79. The Morgan fingerprint density at radius 1 is 1.28 bits per heavy atom. The number of fused-ring (bicyclic) bond motifs is 1. The van der Waals surface area contributed by atoms with Gasteiger partial charge in [0.2, 0.25) is 0 Å². The van der Waals surface area contributed by atoms with E-state index in [0.29, 0.717) is 5.69 Å². The standard InChI is InChI=1S/C14H13N3O/c1-10-7-15-17(8-10)14-6-11(9-18)16-13-5-3-2-4-12(13)14/h2-8,18H,9H2,1H3. The number of rotatable bonds is 2. The maximum absolute atomic E-state index is 9.28. The topological polar surface area (TPSA) is 50.9 Å². The number of hydrogen-bond acceptors (Lipinski definition) is 3. The van der Waals surface area contributed by atoms with Crippen LogP contribution in [-0.4, -0.2) is 19.9 Å². The van der Waals surface area contributed by atoms with E-state index in [1.807, 2.05) is 54.3 Å². The number of hydrogen-bond donors (Lipinski definition) is 1. The van der Waals surface area contributed by atoms with Gasteiger partial charge in [0.25, 0.3) is 0 Å². The van der Waals surface area contributed by atoms with Gasteiger partial charge in [-0.05, 0) is 24.6 Å². The van der Waals surface area contributed by atoms with Crippen molar-refractivity contribution in [3.8, 4) is 5.69 Å². The summed E-state index contributed by atoms with van der Waals surface area (Å²) in [6.45, 7) is 1.93. The molecule has 3 aromatic rings. The monoisotopic (exact) mass is 239 g/mol. The molecule has 0 atom stereocenters. The number of nitrogens with zero attached hydrogens (tertiary/aromatic N) is 3. The molecule has 0 radical (unpaired) electrons. The third-order valence-electron chi connectivity index (χ3n) is 2.87. The van der Waals surface area contributed by atoms with Crippen LogP contribution in [0.5, 0.6) is 0 Å². The van der Waals surface area contributed by atoms with Gasteiger partial charge in [0.1, 0.15) is 0 Å². The van der Waals surface area contributed by atoms with Crippen molar-refractivity contribution < 1.29 is 5.11 Å². The van der Waals surface area contributed by atoms with Crippen LogP contribution in [0.2, 0.25) is 0 Å². The lowest BCUT2D eigenvalue weighted by atomic mass is 10.1. The average Bonchev–Trinajstić information content (AvgIpc) is 2.84. The number of pyridine rings is 1. The predicted octanol–water partition coefficient (Wildman–Crippen LogP) is 2.22. The Labute approximate surface area is 105 Å². The van der Waals surface area contributed by atoms with E-state index in [9.17, 15) is 5.11 Å². The lowest BCUT2D eigenvalue weighted by molar-refractivity contribution is 0.277. The summed E-state index contributed by atoms with van der Waals surface area (Å²) in [7, 11) is 0. The fourth-order valence-electron chi connectivity index (χ4n) is 2.03.